The summed E-state index contributed by atoms with van der Waals surface area (Å²) < 4.78 is 1.82. The average Bonchev–Trinajstić information content (AvgIpc) is 2.92. The van der Waals surface area contributed by atoms with Gasteiger partial charge < -0.3 is 10.2 Å². The van der Waals surface area contributed by atoms with E-state index in [1.165, 1.54) is 30.4 Å². The van der Waals surface area contributed by atoms with Crippen LogP contribution in [0.4, 0.5) is 5.82 Å². The standard InChI is InChI=1S/C30H36N4O2/c1-22-13-15-24(16-14-22)20-34-27-12-6-5-11-26(27)32-28(30(34)36)33-19-7-10-25(21-33)29(35)31-18-17-23-8-3-2-4-9-23/h5-6,8,11-16,25H,2-4,7,9-10,17-21H2,1H3,(H,31,35)/t25-/m1/s1. The number of carbonyl (C=O) groups is 1. The second kappa shape index (κ2) is 11.1. The van der Waals surface area contributed by atoms with Gasteiger partial charge in [0.05, 0.1) is 23.5 Å². The lowest BCUT2D eigenvalue weighted by molar-refractivity contribution is -0.125. The first-order valence-corrected chi connectivity index (χ1v) is 13.3. The summed E-state index contributed by atoms with van der Waals surface area (Å²) in [5, 5.41) is 3.15. The molecular formula is C30H36N4O2. The van der Waals surface area contributed by atoms with Crippen LogP contribution in [0.3, 0.4) is 0 Å². The molecule has 0 unspecified atom stereocenters. The van der Waals surface area contributed by atoms with Crippen molar-refractivity contribution in [3.05, 3.63) is 81.7 Å². The average molecular weight is 485 g/mol. The molecule has 1 saturated heterocycles. The van der Waals surface area contributed by atoms with Crippen molar-refractivity contribution >= 4 is 22.8 Å². The fourth-order valence-corrected chi connectivity index (χ4v) is 5.42. The maximum Gasteiger partial charge on any atom is 0.294 e. The second-order valence-electron chi connectivity index (χ2n) is 10.2. The highest BCUT2D eigenvalue weighted by Crippen LogP contribution is 2.23. The molecule has 6 nitrogen and oxygen atoms in total. The van der Waals surface area contributed by atoms with Crippen LogP contribution >= 0.6 is 0 Å². The summed E-state index contributed by atoms with van der Waals surface area (Å²) in [6, 6.07) is 16.1. The topological polar surface area (TPSA) is 67.2 Å². The molecule has 1 aliphatic heterocycles. The number of aryl methyl sites for hydroxylation is 1. The zero-order valence-corrected chi connectivity index (χ0v) is 21.2. The number of carbonyl (C=O) groups excluding carboxylic acids is 1. The minimum atomic E-state index is -0.127. The van der Waals surface area contributed by atoms with Crippen LogP contribution in [0.15, 0.2) is 65.0 Å². The Morgan fingerprint density at radius 1 is 1.08 bits per heavy atom. The van der Waals surface area contributed by atoms with Gasteiger partial charge in [0, 0.05) is 19.6 Å². The number of para-hydroxylation sites is 2. The van der Waals surface area contributed by atoms with E-state index in [0.29, 0.717) is 25.5 Å². The Morgan fingerprint density at radius 3 is 2.72 bits per heavy atom. The van der Waals surface area contributed by atoms with Crippen LogP contribution in [0, 0.1) is 12.8 Å². The summed E-state index contributed by atoms with van der Waals surface area (Å²) in [4.78, 5) is 33.5. The van der Waals surface area contributed by atoms with Gasteiger partial charge in [-0.2, -0.15) is 0 Å². The lowest BCUT2D eigenvalue weighted by Gasteiger charge is -2.33. The first kappa shape index (κ1) is 24.3. The second-order valence-corrected chi connectivity index (χ2v) is 10.2. The van der Waals surface area contributed by atoms with Gasteiger partial charge in [-0.3, -0.25) is 14.2 Å². The van der Waals surface area contributed by atoms with E-state index in [-0.39, 0.29) is 17.4 Å². The minimum Gasteiger partial charge on any atom is -0.355 e. The zero-order valence-electron chi connectivity index (χ0n) is 21.2. The monoisotopic (exact) mass is 484 g/mol. The van der Waals surface area contributed by atoms with Crippen molar-refractivity contribution < 1.29 is 4.79 Å². The zero-order chi connectivity index (χ0) is 24.9. The molecule has 1 N–H and O–H groups in total. The van der Waals surface area contributed by atoms with Crippen molar-refractivity contribution in [3.63, 3.8) is 0 Å². The van der Waals surface area contributed by atoms with Crippen LogP contribution in [0.25, 0.3) is 11.0 Å². The molecule has 1 aliphatic carbocycles. The maximum atomic E-state index is 13.7. The molecule has 6 heteroatoms. The molecule has 1 fully saturated rings. The van der Waals surface area contributed by atoms with E-state index in [2.05, 4.69) is 42.6 Å². The number of benzene rings is 2. The van der Waals surface area contributed by atoms with E-state index >= 15 is 0 Å². The number of piperidine rings is 1. The van der Waals surface area contributed by atoms with Gasteiger partial charge in [-0.25, -0.2) is 4.98 Å². The summed E-state index contributed by atoms with van der Waals surface area (Å²) in [5.41, 5.74) is 5.27. The van der Waals surface area contributed by atoms with Crippen molar-refractivity contribution in [2.75, 3.05) is 24.5 Å². The summed E-state index contributed by atoms with van der Waals surface area (Å²) in [7, 11) is 0. The van der Waals surface area contributed by atoms with Gasteiger partial charge in [0.1, 0.15) is 0 Å². The minimum absolute atomic E-state index is 0.0943. The van der Waals surface area contributed by atoms with Crippen LogP contribution < -0.4 is 15.8 Å². The predicted octanol–water partition coefficient (Wildman–Crippen LogP) is 4.98. The fraction of sp³-hybridized carbons (Fsp3) is 0.433. The Morgan fingerprint density at radius 2 is 1.92 bits per heavy atom. The van der Waals surface area contributed by atoms with Crippen molar-refractivity contribution in [1.29, 1.82) is 0 Å². The van der Waals surface area contributed by atoms with Crippen molar-refractivity contribution in [3.8, 4) is 0 Å². The molecule has 0 radical (unpaired) electrons. The van der Waals surface area contributed by atoms with E-state index in [0.717, 1.165) is 48.8 Å². The number of anilines is 1. The summed E-state index contributed by atoms with van der Waals surface area (Å²) in [6.07, 6.45) is 9.87. The normalized spacial score (nSPS) is 18.2. The number of rotatable bonds is 7. The lowest BCUT2D eigenvalue weighted by Crippen LogP contribution is -2.45. The largest absolute Gasteiger partial charge is 0.355 e. The molecule has 0 saturated carbocycles. The van der Waals surface area contributed by atoms with E-state index < -0.39 is 0 Å². The first-order valence-electron chi connectivity index (χ1n) is 13.3. The van der Waals surface area contributed by atoms with Crippen LogP contribution in [0.5, 0.6) is 0 Å². The molecular weight excluding hydrogens is 448 g/mol. The molecule has 188 valence electrons. The van der Waals surface area contributed by atoms with Gasteiger partial charge in [-0.05, 0) is 69.6 Å². The number of amides is 1. The van der Waals surface area contributed by atoms with Gasteiger partial charge in [0.15, 0.2) is 5.82 Å². The van der Waals surface area contributed by atoms with E-state index in [1.807, 2.05) is 33.7 Å². The number of aromatic nitrogens is 2. The van der Waals surface area contributed by atoms with Crippen LogP contribution in [-0.4, -0.2) is 35.1 Å². The molecule has 1 atom stereocenters. The summed E-state index contributed by atoms with van der Waals surface area (Å²) in [6.45, 7) is 4.51. The van der Waals surface area contributed by atoms with Gasteiger partial charge in [0.25, 0.3) is 5.56 Å². The quantitative estimate of drug-likeness (QED) is 0.481. The summed E-state index contributed by atoms with van der Waals surface area (Å²) >= 11 is 0. The molecule has 5 rings (SSSR count). The summed E-state index contributed by atoms with van der Waals surface area (Å²) in [5.74, 6) is 0.417. The highest BCUT2D eigenvalue weighted by Gasteiger charge is 2.28. The van der Waals surface area contributed by atoms with E-state index in [1.54, 1.807) is 0 Å². The molecule has 36 heavy (non-hydrogen) atoms. The molecule has 2 heterocycles. The smallest absolute Gasteiger partial charge is 0.294 e. The van der Waals surface area contributed by atoms with Gasteiger partial charge >= 0.3 is 0 Å². The third-order valence-corrected chi connectivity index (χ3v) is 7.52. The van der Waals surface area contributed by atoms with E-state index in [9.17, 15) is 9.59 Å². The number of hydrogen-bond donors (Lipinski definition) is 1. The highest BCUT2D eigenvalue weighted by atomic mass is 16.2. The Kier molecular flexibility index (Phi) is 7.49. The van der Waals surface area contributed by atoms with Crippen LogP contribution in [0.2, 0.25) is 0 Å². The molecule has 1 aromatic heterocycles. The number of hydrogen-bond acceptors (Lipinski definition) is 4. The molecule has 1 amide bonds. The number of nitrogens with one attached hydrogen (secondary N) is 1. The molecule has 2 aromatic carbocycles. The fourth-order valence-electron chi connectivity index (χ4n) is 5.42. The maximum absolute atomic E-state index is 13.7. The molecule has 2 aliphatic rings. The van der Waals surface area contributed by atoms with Gasteiger partial charge in [0.2, 0.25) is 5.91 Å². The highest BCUT2D eigenvalue weighted by molar-refractivity contribution is 5.80. The number of nitrogens with zero attached hydrogens (tertiary/aromatic N) is 3. The Balaban J connectivity index is 1.34. The molecule has 0 bridgehead atoms. The number of allylic oxidation sites excluding steroid dienone is 1. The van der Waals surface area contributed by atoms with E-state index in [4.69, 9.17) is 4.98 Å². The first-order chi connectivity index (χ1) is 17.6. The van der Waals surface area contributed by atoms with Gasteiger partial charge in [-0.15, -0.1) is 0 Å². The van der Waals surface area contributed by atoms with Crippen LogP contribution in [0.1, 0.15) is 56.1 Å². The predicted molar refractivity (Wildman–Crippen MR) is 145 cm³/mol. The third kappa shape index (κ3) is 5.53. The van der Waals surface area contributed by atoms with Crippen molar-refractivity contribution in [2.24, 2.45) is 5.92 Å². The molecule has 3 aromatic rings. The van der Waals surface area contributed by atoms with Crippen molar-refractivity contribution in [2.45, 2.75) is 58.4 Å². The van der Waals surface area contributed by atoms with Crippen molar-refractivity contribution in [1.82, 2.24) is 14.9 Å². The Bertz CT molecular complexity index is 1310. The Hall–Kier alpha value is -3.41. The third-order valence-electron chi connectivity index (χ3n) is 7.52. The molecule has 0 spiro atoms. The Labute approximate surface area is 213 Å². The lowest BCUT2D eigenvalue weighted by atomic mass is 9.96. The van der Waals surface area contributed by atoms with Gasteiger partial charge in [-0.1, -0.05) is 53.6 Å². The SMILES string of the molecule is Cc1ccc(Cn2c(=O)c(N3CCC[C@@H](C(=O)NCCC4=CCCCC4)C3)nc3ccccc32)cc1. The number of fused-ring (bicyclic) bond motifs is 1. The van der Waals surface area contributed by atoms with Crippen LogP contribution in [-0.2, 0) is 11.3 Å².